The van der Waals surface area contributed by atoms with Crippen LogP contribution >= 0.6 is 0 Å². The Hall–Kier alpha value is -1.85. The van der Waals surface area contributed by atoms with Crippen LogP contribution in [0.1, 0.15) is 19.7 Å². The summed E-state index contributed by atoms with van der Waals surface area (Å²) in [6, 6.07) is 0. The molecule has 0 bridgehead atoms. The van der Waals surface area contributed by atoms with Gasteiger partial charge >= 0.3 is 0 Å². The zero-order valence-electron chi connectivity index (χ0n) is 9.53. The summed E-state index contributed by atoms with van der Waals surface area (Å²) in [5.41, 5.74) is -0.355. The van der Waals surface area contributed by atoms with Gasteiger partial charge in [-0.25, -0.2) is 4.98 Å². The third-order valence-electron chi connectivity index (χ3n) is 1.99. The first kappa shape index (κ1) is 12.2. The van der Waals surface area contributed by atoms with Crippen molar-refractivity contribution in [2.24, 2.45) is 5.92 Å². The molecule has 0 aromatic carbocycles. The Labute approximate surface area is 93.0 Å². The van der Waals surface area contributed by atoms with E-state index in [0.717, 1.165) is 0 Å². The molecule has 1 aromatic heterocycles. The normalized spacial score (nSPS) is 10.2. The number of H-pyrrole nitrogens is 1. The van der Waals surface area contributed by atoms with E-state index < -0.39 is 0 Å². The van der Waals surface area contributed by atoms with Crippen molar-refractivity contribution >= 4 is 5.91 Å². The molecule has 88 valence electrons. The number of carbonyl (C=O) groups is 1. The maximum absolute atomic E-state index is 11.3. The monoisotopic (exact) mass is 225 g/mol. The zero-order valence-corrected chi connectivity index (χ0v) is 9.53. The Morgan fingerprint density at radius 2 is 2.31 bits per heavy atom. The first-order valence-corrected chi connectivity index (χ1v) is 4.94. The highest BCUT2D eigenvalue weighted by atomic mass is 16.5. The number of hydrogen-bond donors (Lipinski definition) is 2. The van der Waals surface area contributed by atoms with Crippen molar-refractivity contribution in [3.63, 3.8) is 0 Å². The highest BCUT2D eigenvalue weighted by Crippen LogP contribution is 1.98. The fraction of sp³-hybridized carbons (Fsp3) is 0.500. The number of hydrogen-bond acceptors (Lipinski definition) is 4. The average Bonchev–Trinajstić information content (AvgIpc) is 2.25. The molecule has 6 nitrogen and oxygen atoms in total. The zero-order chi connectivity index (χ0) is 12.1. The van der Waals surface area contributed by atoms with Gasteiger partial charge in [0, 0.05) is 5.92 Å². The molecule has 0 saturated heterocycles. The van der Waals surface area contributed by atoms with Gasteiger partial charge in [0.15, 0.2) is 0 Å². The highest BCUT2D eigenvalue weighted by molar-refractivity contribution is 5.77. The predicted molar refractivity (Wildman–Crippen MR) is 58.1 cm³/mol. The number of methoxy groups -OCH3 is 1. The molecule has 1 heterocycles. The number of nitrogens with one attached hydrogen (secondary N) is 2. The van der Waals surface area contributed by atoms with Crippen LogP contribution in [0, 0.1) is 5.92 Å². The van der Waals surface area contributed by atoms with Gasteiger partial charge in [0.1, 0.15) is 5.82 Å². The molecule has 1 rings (SSSR count). The van der Waals surface area contributed by atoms with Gasteiger partial charge in [-0.1, -0.05) is 13.8 Å². The van der Waals surface area contributed by atoms with Crippen LogP contribution in [-0.2, 0) is 11.3 Å². The van der Waals surface area contributed by atoms with Crippen molar-refractivity contribution in [1.82, 2.24) is 15.3 Å². The van der Waals surface area contributed by atoms with Crippen LogP contribution in [-0.4, -0.2) is 23.0 Å². The Morgan fingerprint density at radius 1 is 1.62 bits per heavy atom. The summed E-state index contributed by atoms with van der Waals surface area (Å²) in [5, 5.41) is 2.65. The van der Waals surface area contributed by atoms with Gasteiger partial charge in [-0.15, -0.1) is 0 Å². The molecule has 0 unspecified atom stereocenters. The number of rotatable bonds is 4. The van der Waals surface area contributed by atoms with Crippen LogP contribution in [0.2, 0.25) is 0 Å². The quantitative estimate of drug-likeness (QED) is 0.758. The molecular weight excluding hydrogens is 210 g/mol. The third-order valence-corrected chi connectivity index (χ3v) is 1.99. The molecule has 0 saturated carbocycles. The third kappa shape index (κ3) is 3.08. The van der Waals surface area contributed by atoms with Crippen molar-refractivity contribution in [3.05, 3.63) is 22.4 Å². The lowest BCUT2D eigenvalue weighted by atomic mass is 10.2. The molecular formula is C10H15N3O3. The van der Waals surface area contributed by atoms with E-state index in [0.29, 0.717) is 5.82 Å². The van der Waals surface area contributed by atoms with Gasteiger partial charge in [0.2, 0.25) is 11.7 Å². The van der Waals surface area contributed by atoms with Crippen LogP contribution in [0.25, 0.3) is 0 Å². The van der Waals surface area contributed by atoms with Gasteiger partial charge in [-0.3, -0.25) is 9.59 Å². The molecule has 0 aliphatic carbocycles. The molecule has 0 atom stereocenters. The summed E-state index contributed by atoms with van der Waals surface area (Å²) in [6.07, 6.45) is 1.33. The van der Waals surface area contributed by atoms with Crippen LogP contribution in [0.4, 0.5) is 0 Å². The topological polar surface area (TPSA) is 84.1 Å². The lowest BCUT2D eigenvalue weighted by Crippen LogP contribution is -2.29. The molecule has 0 aliphatic rings. The van der Waals surface area contributed by atoms with Gasteiger partial charge in [0.25, 0.3) is 5.56 Å². The molecule has 0 aliphatic heterocycles. The number of aromatic amines is 1. The standard InChI is InChI=1S/C10H15N3O3/c1-6(2)9(14)12-5-8-11-4-7(16-3)10(15)13-8/h4,6H,5H2,1-3H3,(H,12,14)(H,11,13,15). The second-order valence-corrected chi connectivity index (χ2v) is 3.60. The summed E-state index contributed by atoms with van der Waals surface area (Å²) in [5.74, 6) is 0.377. The van der Waals surface area contributed by atoms with Crippen LogP contribution in [0.15, 0.2) is 11.0 Å². The van der Waals surface area contributed by atoms with Gasteiger partial charge in [0.05, 0.1) is 19.9 Å². The van der Waals surface area contributed by atoms with Crippen molar-refractivity contribution in [3.8, 4) is 5.75 Å². The number of nitrogens with zero attached hydrogens (tertiary/aromatic N) is 1. The van der Waals surface area contributed by atoms with Crippen molar-refractivity contribution in [2.45, 2.75) is 20.4 Å². The van der Waals surface area contributed by atoms with E-state index in [1.54, 1.807) is 13.8 Å². The average molecular weight is 225 g/mol. The molecule has 0 fully saturated rings. The van der Waals surface area contributed by atoms with Gasteiger partial charge in [-0.05, 0) is 0 Å². The van der Waals surface area contributed by atoms with E-state index in [1.165, 1.54) is 13.3 Å². The highest BCUT2D eigenvalue weighted by Gasteiger charge is 2.07. The van der Waals surface area contributed by atoms with E-state index in [2.05, 4.69) is 15.3 Å². The maximum atomic E-state index is 11.3. The number of amides is 1. The largest absolute Gasteiger partial charge is 0.490 e. The minimum absolute atomic E-state index is 0.0848. The van der Waals surface area contributed by atoms with Crippen LogP contribution in [0.5, 0.6) is 5.75 Å². The van der Waals surface area contributed by atoms with Crippen LogP contribution < -0.4 is 15.6 Å². The Kier molecular flexibility index (Phi) is 4.04. The fourth-order valence-corrected chi connectivity index (χ4v) is 1.03. The molecule has 1 aromatic rings. The summed E-state index contributed by atoms with van der Waals surface area (Å²) < 4.78 is 4.77. The Morgan fingerprint density at radius 3 is 2.81 bits per heavy atom. The lowest BCUT2D eigenvalue weighted by Gasteiger charge is -2.07. The van der Waals surface area contributed by atoms with E-state index in [1.807, 2.05) is 0 Å². The minimum Gasteiger partial charge on any atom is -0.490 e. The lowest BCUT2D eigenvalue weighted by molar-refractivity contribution is -0.124. The van der Waals surface area contributed by atoms with Crippen molar-refractivity contribution in [1.29, 1.82) is 0 Å². The molecule has 1 amide bonds. The number of ether oxygens (including phenoxy) is 1. The van der Waals surface area contributed by atoms with E-state index in [4.69, 9.17) is 4.74 Å². The van der Waals surface area contributed by atoms with E-state index in [-0.39, 0.29) is 29.7 Å². The number of carbonyl (C=O) groups excluding carboxylic acids is 1. The predicted octanol–water partition coefficient (Wildman–Crippen LogP) is 0.0507. The second kappa shape index (κ2) is 5.29. The molecule has 0 spiro atoms. The maximum Gasteiger partial charge on any atom is 0.293 e. The first-order valence-electron chi connectivity index (χ1n) is 4.94. The summed E-state index contributed by atoms with van der Waals surface area (Å²) in [7, 11) is 1.40. The SMILES string of the molecule is COc1cnc(CNC(=O)C(C)C)[nH]c1=O. The summed E-state index contributed by atoms with van der Waals surface area (Å²) >= 11 is 0. The molecule has 2 N–H and O–H groups in total. The van der Waals surface area contributed by atoms with Crippen LogP contribution in [0.3, 0.4) is 0 Å². The first-order chi connectivity index (χ1) is 7.54. The van der Waals surface area contributed by atoms with Gasteiger partial charge in [-0.2, -0.15) is 0 Å². The van der Waals surface area contributed by atoms with Crippen molar-refractivity contribution in [2.75, 3.05) is 7.11 Å². The Balaban J connectivity index is 2.66. The van der Waals surface area contributed by atoms with E-state index in [9.17, 15) is 9.59 Å². The van der Waals surface area contributed by atoms with Crippen molar-refractivity contribution < 1.29 is 9.53 Å². The fourth-order valence-electron chi connectivity index (χ4n) is 1.03. The van der Waals surface area contributed by atoms with E-state index >= 15 is 0 Å². The molecule has 16 heavy (non-hydrogen) atoms. The minimum atomic E-state index is -0.355. The summed E-state index contributed by atoms with van der Waals surface area (Å²) in [4.78, 5) is 29.0. The molecule has 0 radical (unpaired) electrons. The molecule has 6 heteroatoms. The van der Waals surface area contributed by atoms with Gasteiger partial charge < -0.3 is 15.0 Å². The second-order valence-electron chi connectivity index (χ2n) is 3.60. The smallest absolute Gasteiger partial charge is 0.293 e. The number of aromatic nitrogens is 2. The summed E-state index contributed by atoms with van der Waals surface area (Å²) in [6.45, 7) is 3.79. The Bertz CT molecular complexity index is 426.